The highest BCUT2D eigenvalue weighted by Crippen LogP contribution is 2.29. The Morgan fingerprint density at radius 1 is 1.24 bits per heavy atom. The van der Waals surface area contributed by atoms with Crippen molar-refractivity contribution >= 4 is 15.7 Å². The zero-order valence-electron chi connectivity index (χ0n) is 10.6. The molecule has 0 saturated carbocycles. The van der Waals surface area contributed by atoms with Crippen LogP contribution in [0.4, 0.5) is 0 Å². The van der Waals surface area contributed by atoms with Crippen molar-refractivity contribution in [2.24, 2.45) is 11.8 Å². The molecule has 17 heavy (non-hydrogen) atoms. The molecule has 5 nitrogen and oxygen atoms in total. The highest BCUT2D eigenvalue weighted by atomic mass is 32.2. The topological polar surface area (TPSA) is 66.5 Å². The molecule has 0 bridgehead atoms. The zero-order valence-corrected chi connectivity index (χ0v) is 11.4. The van der Waals surface area contributed by atoms with E-state index in [2.05, 4.69) is 5.32 Å². The van der Waals surface area contributed by atoms with Crippen LogP contribution < -0.4 is 5.32 Å². The summed E-state index contributed by atoms with van der Waals surface area (Å²) in [5.74, 6) is 0.734. The number of carbonyl (C=O) groups is 1. The average Bonchev–Trinajstić information content (AvgIpc) is 2.73. The van der Waals surface area contributed by atoms with Gasteiger partial charge in [0.15, 0.2) is 9.84 Å². The Labute approximate surface area is 102 Å². The predicted molar refractivity (Wildman–Crippen MR) is 65.4 cm³/mol. The first kappa shape index (κ1) is 12.8. The minimum atomic E-state index is -3.37. The summed E-state index contributed by atoms with van der Waals surface area (Å²) < 4.78 is 22.0. The molecule has 0 radical (unpaired) electrons. The van der Waals surface area contributed by atoms with E-state index >= 15 is 0 Å². The van der Waals surface area contributed by atoms with Gasteiger partial charge in [0.2, 0.25) is 5.91 Å². The quantitative estimate of drug-likeness (QED) is 0.726. The van der Waals surface area contributed by atoms with Crippen LogP contribution in [0.5, 0.6) is 0 Å². The lowest BCUT2D eigenvalue weighted by molar-refractivity contribution is -0.132. The molecule has 98 valence electrons. The van der Waals surface area contributed by atoms with Crippen molar-refractivity contribution in [3.05, 3.63) is 0 Å². The summed E-state index contributed by atoms with van der Waals surface area (Å²) in [6, 6.07) is 0. The van der Waals surface area contributed by atoms with E-state index in [1.165, 1.54) is 13.8 Å². The van der Waals surface area contributed by atoms with Crippen molar-refractivity contribution in [3.8, 4) is 0 Å². The third kappa shape index (κ3) is 2.08. The number of rotatable bonds is 2. The molecule has 6 heteroatoms. The summed E-state index contributed by atoms with van der Waals surface area (Å²) >= 11 is 0. The van der Waals surface area contributed by atoms with Crippen LogP contribution in [0.1, 0.15) is 13.8 Å². The maximum Gasteiger partial charge on any atom is 0.243 e. The van der Waals surface area contributed by atoms with Crippen molar-refractivity contribution < 1.29 is 13.2 Å². The van der Waals surface area contributed by atoms with Gasteiger partial charge in [-0.2, -0.15) is 0 Å². The fourth-order valence-corrected chi connectivity index (χ4v) is 3.01. The molecule has 0 aromatic rings. The van der Waals surface area contributed by atoms with Gasteiger partial charge in [-0.15, -0.1) is 0 Å². The molecule has 2 heterocycles. The standard InChI is InChI=1S/C11H20N2O3S/c1-11(2,17(3,15)16)10(14)13-6-8-4-12-5-9(8)7-13/h8-9,12H,4-7H2,1-3H3. The van der Waals surface area contributed by atoms with Gasteiger partial charge in [-0.05, 0) is 25.7 Å². The Bertz CT molecular complexity index is 418. The first-order chi connectivity index (χ1) is 7.73. The molecule has 2 aliphatic heterocycles. The minimum absolute atomic E-state index is 0.255. The molecule has 0 aliphatic carbocycles. The summed E-state index contributed by atoms with van der Waals surface area (Å²) in [5.41, 5.74) is 0. The molecule has 0 spiro atoms. The summed E-state index contributed by atoms with van der Waals surface area (Å²) in [6.07, 6.45) is 1.13. The third-order valence-corrected chi connectivity index (χ3v) is 6.15. The van der Waals surface area contributed by atoms with Crippen molar-refractivity contribution in [1.82, 2.24) is 10.2 Å². The monoisotopic (exact) mass is 260 g/mol. The van der Waals surface area contributed by atoms with Crippen LogP contribution in [-0.4, -0.2) is 56.4 Å². The maximum absolute atomic E-state index is 12.3. The van der Waals surface area contributed by atoms with E-state index in [9.17, 15) is 13.2 Å². The molecule has 0 aromatic heterocycles. The van der Waals surface area contributed by atoms with Gasteiger partial charge in [0, 0.05) is 32.4 Å². The van der Waals surface area contributed by atoms with Gasteiger partial charge in [-0.25, -0.2) is 8.42 Å². The number of likely N-dealkylation sites (tertiary alicyclic amines) is 1. The predicted octanol–water partition coefficient (Wildman–Crippen LogP) is -0.513. The van der Waals surface area contributed by atoms with Crippen LogP contribution >= 0.6 is 0 Å². The first-order valence-corrected chi connectivity index (χ1v) is 7.82. The van der Waals surface area contributed by atoms with Gasteiger partial charge in [-0.3, -0.25) is 4.79 Å². The fourth-order valence-electron chi connectivity index (χ4n) is 2.56. The van der Waals surface area contributed by atoms with Gasteiger partial charge in [0.25, 0.3) is 0 Å². The fraction of sp³-hybridized carbons (Fsp3) is 0.909. The second-order valence-corrected chi connectivity index (χ2v) is 8.24. The van der Waals surface area contributed by atoms with Crippen molar-refractivity contribution in [1.29, 1.82) is 0 Å². The van der Waals surface area contributed by atoms with Crippen molar-refractivity contribution in [3.63, 3.8) is 0 Å². The van der Waals surface area contributed by atoms with Gasteiger partial charge in [-0.1, -0.05) is 0 Å². The zero-order chi connectivity index (χ0) is 12.8. The summed E-state index contributed by atoms with van der Waals surface area (Å²) in [7, 11) is -3.37. The molecule has 2 unspecified atom stereocenters. The largest absolute Gasteiger partial charge is 0.341 e. The Hall–Kier alpha value is -0.620. The molecular formula is C11H20N2O3S. The summed E-state index contributed by atoms with van der Waals surface area (Å²) in [5, 5.41) is 3.30. The number of hydrogen-bond donors (Lipinski definition) is 1. The minimum Gasteiger partial charge on any atom is -0.341 e. The molecule has 1 N–H and O–H groups in total. The lowest BCUT2D eigenvalue weighted by Crippen LogP contribution is -2.49. The molecule has 1 amide bonds. The number of hydrogen-bond acceptors (Lipinski definition) is 4. The maximum atomic E-state index is 12.3. The van der Waals surface area contributed by atoms with E-state index in [4.69, 9.17) is 0 Å². The van der Waals surface area contributed by atoms with Crippen molar-refractivity contribution in [2.75, 3.05) is 32.4 Å². The normalized spacial score (nSPS) is 29.5. The van der Waals surface area contributed by atoms with Gasteiger partial charge in [0.05, 0.1) is 0 Å². The van der Waals surface area contributed by atoms with Crippen LogP contribution in [0.25, 0.3) is 0 Å². The second-order valence-electron chi connectivity index (χ2n) is 5.67. The Morgan fingerprint density at radius 3 is 2.12 bits per heavy atom. The van der Waals surface area contributed by atoms with E-state index < -0.39 is 14.6 Å². The molecule has 0 aromatic carbocycles. The number of nitrogens with one attached hydrogen (secondary N) is 1. The Morgan fingerprint density at radius 2 is 1.71 bits per heavy atom. The lowest BCUT2D eigenvalue weighted by Gasteiger charge is -2.28. The molecule has 2 atom stereocenters. The van der Waals surface area contributed by atoms with Crippen LogP contribution in [0.15, 0.2) is 0 Å². The number of carbonyl (C=O) groups excluding carboxylic acids is 1. The van der Waals surface area contributed by atoms with Crippen LogP contribution in [-0.2, 0) is 14.6 Å². The highest BCUT2D eigenvalue weighted by Gasteiger charge is 2.46. The lowest BCUT2D eigenvalue weighted by atomic mass is 10.0. The summed E-state index contributed by atoms with van der Waals surface area (Å²) in [6.45, 7) is 6.25. The molecule has 2 fully saturated rings. The highest BCUT2D eigenvalue weighted by molar-refractivity contribution is 7.92. The van der Waals surface area contributed by atoms with E-state index in [0.29, 0.717) is 24.9 Å². The van der Waals surface area contributed by atoms with E-state index in [0.717, 1.165) is 19.3 Å². The van der Waals surface area contributed by atoms with E-state index in [1.54, 1.807) is 4.90 Å². The van der Waals surface area contributed by atoms with Crippen molar-refractivity contribution in [2.45, 2.75) is 18.6 Å². The first-order valence-electron chi connectivity index (χ1n) is 5.93. The molecule has 2 aliphatic rings. The van der Waals surface area contributed by atoms with E-state index in [-0.39, 0.29) is 5.91 Å². The number of nitrogens with zero attached hydrogens (tertiary/aromatic N) is 1. The smallest absolute Gasteiger partial charge is 0.243 e. The average molecular weight is 260 g/mol. The van der Waals surface area contributed by atoms with Gasteiger partial charge >= 0.3 is 0 Å². The number of fused-ring (bicyclic) bond motifs is 1. The third-order valence-electron chi connectivity index (χ3n) is 4.12. The number of amides is 1. The Kier molecular flexibility index (Phi) is 2.98. The second kappa shape index (κ2) is 3.95. The van der Waals surface area contributed by atoms with Crippen LogP contribution in [0.2, 0.25) is 0 Å². The molecule has 2 saturated heterocycles. The van der Waals surface area contributed by atoms with Crippen LogP contribution in [0.3, 0.4) is 0 Å². The van der Waals surface area contributed by atoms with Gasteiger partial charge in [0.1, 0.15) is 4.75 Å². The molecular weight excluding hydrogens is 240 g/mol. The molecule has 2 rings (SSSR count). The van der Waals surface area contributed by atoms with E-state index in [1.807, 2.05) is 0 Å². The SMILES string of the molecule is CC(C)(C(=O)N1CC2CNCC2C1)S(C)(=O)=O. The van der Waals surface area contributed by atoms with Gasteiger partial charge < -0.3 is 10.2 Å². The number of sulfone groups is 1. The van der Waals surface area contributed by atoms with Crippen LogP contribution in [0, 0.1) is 11.8 Å². The summed E-state index contributed by atoms with van der Waals surface area (Å²) in [4.78, 5) is 14.0. The Balaban J connectivity index is 2.12.